The fourth-order valence-corrected chi connectivity index (χ4v) is 4.43. The number of phenolic OH excluding ortho intramolecular Hbond substituents is 1. The lowest BCUT2D eigenvalue weighted by molar-refractivity contribution is -0.116. The highest BCUT2D eigenvalue weighted by atomic mass is 79.9. The van der Waals surface area contributed by atoms with E-state index in [1.54, 1.807) is 12.1 Å². The van der Waals surface area contributed by atoms with Crippen LogP contribution >= 0.6 is 15.9 Å². The third-order valence-electron chi connectivity index (χ3n) is 5.09. The summed E-state index contributed by atoms with van der Waals surface area (Å²) in [5, 5.41) is 13.8. The molecule has 0 bridgehead atoms. The zero-order valence-corrected chi connectivity index (χ0v) is 14.8. The predicted octanol–water partition coefficient (Wildman–Crippen LogP) is 3.86. The lowest BCUT2D eigenvalue weighted by atomic mass is 9.71. The molecule has 24 heavy (non-hydrogen) atoms. The smallest absolute Gasteiger partial charge is 0.161 e. The van der Waals surface area contributed by atoms with Crippen molar-refractivity contribution in [1.82, 2.24) is 5.32 Å². The minimum absolute atomic E-state index is 0.0815. The van der Waals surface area contributed by atoms with Gasteiger partial charge in [0.1, 0.15) is 5.75 Å². The number of hydrogen-bond acceptors (Lipinski definition) is 4. The first-order chi connectivity index (χ1) is 11.6. The summed E-state index contributed by atoms with van der Waals surface area (Å²) in [4.78, 5) is 25.3. The molecule has 3 aliphatic rings. The quantitative estimate of drug-likeness (QED) is 0.767. The second kappa shape index (κ2) is 5.88. The molecule has 0 saturated carbocycles. The van der Waals surface area contributed by atoms with Crippen molar-refractivity contribution in [2.75, 3.05) is 0 Å². The maximum atomic E-state index is 12.7. The van der Waals surface area contributed by atoms with Crippen LogP contribution in [0.4, 0.5) is 0 Å². The van der Waals surface area contributed by atoms with Crippen LogP contribution in [0.2, 0.25) is 0 Å². The van der Waals surface area contributed by atoms with Crippen molar-refractivity contribution in [3.8, 4) is 5.75 Å². The van der Waals surface area contributed by atoms with Crippen molar-refractivity contribution in [2.24, 2.45) is 0 Å². The summed E-state index contributed by atoms with van der Waals surface area (Å²) in [6.07, 6.45) is 4.30. The number of Topliss-reactive ketones (excluding diaryl/α,β-unsaturated/α-hetero) is 2. The molecule has 0 aromatic heterocycles. The molecule has 2 N–H and O–H groups in total. The Hall–Kier alpha value is -1.88. The van der Waals surface area contributed by atoms with Gasteiger partial charge in [-0.15, -0.1) is 0 Å². The van der Waals surface area contributed by atoms with Crippen molar-refractivity contribution in [2.45, 2.75) is 44.4 Å². The Morgan fingerprint density at radius 3 is 2.12 bits per heavy atom. The van der Waals surface area contributed by atoms with Crippen molar-refractivity contribution >= 4 is 27.5 Å². The number of rotatable bonds is 1. The third kappa shape index (κ3) is 2.42. The van der Waals surface area contributed by atoms with Gasteiger partial charge >= 0.3 is 0 Å². The SMILES string of the molecule is O=C1CCCC2=C1C(c1cc(Br)ccc1O)C1=C(CCCC1=O)N2. The van der Waals surface area contributed by atoms with Crippen LogP contribution in [0.5, 0.6) is 5.75 Å². The van der Waals surface area contributed by atoms with Gasteiger partial charge in [0.2, 0.25) is 0 Å². The number of hydrogen-bond donors (Lipinski definition) is 2. The van der Waals surface area contributed by atoms with E-state index in [0.29, 0.717) is 29.6 Å². The van der Waals surface area contributed by atoms with E-state index in [9.17, 15) is 14.7 Å². The fraction of sp³-hybridized carbons (Fsp3) is 0.368. The summed E-state index contributed by atoms with van der Waals surface area (Å²) in [5.41, 5.74) is 3.84. The van der Waals surface area contributed by atoms with E-state index in [0.717, 1.165) is 41.6 Å². The van der Waals surface area contributed by atoms with Gasteiger partial charge in [-0.05, 0) is 43.9 Å². The summed E-state index contributed by atoms with van der Waals surface area (Å²) in [6.45, 7) is 0. The highest BCUT2D eigenvalue weighted by molar-refractivity contribution is 9.10. The minimum Gasteiger partial charge on any atom is -0.508 e. The van der Waals surface area contributed by atoms with Crippen LogP contribution in [0.15, 0.2) is 45.2 Å². The van der Waals surface area contributed by atoms with E-state index in [4.69, 9.17) is 0 Å². The Morgan fingerprint density at radius 2 is 1.54 bits per heavy atom. The number of phenols is 1. The number of halogens is 1. The summed E-state index contributed by atoms with van der Waals surface area (Å²) in [7, 11) is 0. The first kappa shape index (κ1) is 15.6. The minimum atomic E-state index is -0.450. The van der Waals surface area contributed by atoms with Gasteiger partial charge in [-0.3, -0.25) is 9.59 Å². The van der Waals surface area contributed by atoms with E-state index < -0.39 is 5.92 Å². The van der Waals surface area contributed by atoms with Gasteiger partial charge in [0.25, 0.3) is 0 Å². The normalized spacial score (nSPS) is 21.5. The Morgan fingerprint density at radius 1 is 0.958 bits per heavy atom. The second-order valence-electron chi connectivity index (χ2n) is 6.60. The van der Waals surface area contributed by atoms with Crippen LogP contribution in [0, 0.1) is 0 Å². The highest BCUT2D eigenvalue weighted by Crippen LogP contribution is 2.47. The zero-order chi connectivity index (χ0) is 16.8. The molecule has 0 atom stereocenters. The molecule has 5 heteroatoms. The largest absolute Gasteiger partial charge is 0.508 e. The molecular weight excluding hydrogens is 370 g/mol. The Bertz CT molecular complexity index is 780. The average molecular weight is 388 g/mol. The number of dihydropyridines is 1. The lowest BCUT2D eigenvalue weighted by Crippen LogP contribution is -2.36. The highest BCUT2D eigenvalue weighted by Gasteiger charge is 2.41. The fourth-order valence-electron chi connectivity index (χ4n) is 4.05. The predicted molar refractivity (Wildman–Crippen MR) is 93.5 cm³/mol. The topological polar surface area (TPSA) is 66.4 Å². The average Bonchev–Trinajstić information content (AvgIpc) is 2.56. The zero-order valence-electron chi connectivity index (χ0n) is 13.2. The first-order valence-electron chi connectivity index (χ1n) is 8.34. The van der Waals surface area contributed by atoms with E-state index >= 15 is 0 Å². The Balaban J connectivity index is 1.96. The monoisotopic (exact) mass is 387 g/mol. The number of allylic oxidation sites excluding steroid dienone is 4. The number of benzene rings is 1. The molecule has 4 nitrogen and oxygen atoms in total. The van der Waals surface area contributed by atoms with Gasteiger partial charge in [0.05, 0.1) is 0 Å². The second-order valence-corrected chi connectivity index (χ2v) is 7.51. The summed E-state index contributed by atoms with van der Waals surface area (Å²) in [6, 6.07) is 5.20. The van der Waals surface area contributed by atoms with Gasteiger partial charge in [-0.2, -0.15) is 0 Å². The van der Waals surface area contributed by atoms with E-state index in [1.165, 1.54) is 0 Å². The Kier molecular flexibility index (Phi) is 3.83. The molecular formula is C19H18BrNO3. The van der Waals surface area contributed by atoms with Gasteiger partial charge < -0.3 is 10.4 Å². The van der Waals surface area contributed by atoms with Crippen LogP contribution in [-0.4, -0.2) is 16.7 Å². The molecule has 2 aliphatic carbocycles. The summed E-state index contributed by atoms with van der Waals surface area (Å²) in [5.74, 6) is -0.161. The van der Waals surface area contributed by atoms with Gasteiger partial charge in [-0.1, -0.05) is 15.9 Å². The van der Waals surface area contributed by atoms with Gasteiger partial charge in [0.15, 0.2) is 11.6 Å². The molecule has 0 saturated heterocycles. The van der Waals surface area contributed by atoms with Crippen molar-refractivity contribution in [1.29, 1.82) is 0 Å². The Labute approximate surface area is 148 Å². The van der Waals surface area contributed by atoms with Gasteiger partial charge in [0, 0.05) is 51.3 Å². The first-order valence-corrected chi connectivity index (χ1v) is 9.13. The standard InChI is InChI=1S/C19H18BrNO3/c20-10-7-8-14(22)11(9-10)17-18-12(3-1-5-15(18)23)21-13-4-2-6-16(24)19(13)17/h7-9,17,21-22H,1-6H2. The molecule has 0 amide bonds. The number of aromatic hydroxyl groups is 1. The van der Waals surface area contributed by atoms with Crippen molar-refractivity contribution in [3.05, 3.63) is 50.8 Å². The molecule has 0 radical (unpaired) electrons. The number of nitrogens with one attached hydrogen (secondary N) is 1. The molecule has 1 heterocycles. The van der Waals surface area contributed by atoms with Crippen LogP contribution in [0.1, 0.15) is 50.0 Å². The molecule has 124 valence electrons. The van der Waals surface area contributed by atoms with Crippen molar-refractivity contribution in [3.63, 3.8) is 0 Å². The number of carbonyl (C=O) groups excluding carboxylic acids is 2. The third-order valence-corrected chi connectivity index (χ3v) is 5.59. The van der Waals surface area contributed by atoms with Crippen LogP contribution in [0.25, 0.3) is 0 Å². The van der Waals surface area contributed by atoms with Crippen LogP contribution in [-0.2, 0) is 9.59 Å². The molecule has 0 fully saturated rings. The molecule has 1 aliphatic heterocycles. The van der Waals surface area contributed by atoms with Crippen molar-refractivity contribution < 1.29 is 14.7 Å². The van der Waals surface area contributed by atoms with Crippen LogP contribution in [0.3, 0.4) is 0 Å². The number of carbonyl (C=O) groups is 2. The maximum absolute atomic E-state index is 12.7. The molecule has 0 unspecified atom stereocenters. The molecule has 0 spiro atoms. The van der Waals surface area contributed by atoms with E-state index in [-0.39, 0.29) is 17.3 Å². The number of ketones is 2. The maximum Gasteiger partial charge on any atom is 0.161 e. The van der Waals surface area contributed by atoms with E-state index in [2.05, 4.69) is 21.2 Å². The summed E-state index contributed by atoms with van der Waals surface area (Å²) < 4.78 is 0.824. The van der Waals surface area contributed by atoms with E-state index in [1.807, 2.05) is 6.07 Å². The van der Waals surface area contributed by atoms with Crippen LogP contribution < -0.4 is 5.32 Å². The van der Waals surface area contributed by atoms with Gasteiger partial charge in [-0.25, -0.2) is 0 Å². The molecule has 4 rings (SSSR count). The lowest BCUT2D eigenvalue weighted by Gasteiger charge is -2.37. The molecule has 1 aromatic rings. The summed E-state index contributed by atoms with van der Waals surface area (Å²) >= 11 is 3.44. The molecule has 1 aromatic carbocycles.